The summed E-state index contributed by atoms with van der Waals surface area (Å²) in [5.41, 5.74) is 7.05. The maximum absolute atomic E-state index is 12.9. The molecule has 128 valence electrons. The lowest BCUT2D eigenvalue weighted by atomic mass is 9.92. The maximum Gasteiger partial charge on any atom is 0.239 e. The van der Waals surface area contributed by atoms with Crippen molar-refractivity contribution in [3.05, 3.63) is 35.9 Å². The molecular weight excluding hydrogens is 286 g/mol. The largest absolute Gasteiger partial charge is 0.344 e. The molecule has 1 aromatic rings. The first-order valence-electron chi connectivity index (χ1n) is 8.66. The smallest absolute Gasteiger partial charge is 0.239 e. The number of likely N-dealkylation sites (N-methyl/N-ethyl adjacent to an activating group) is 1. The lowest BCUT2D eigenvalue weighted by Gasteiger charge is -2.38. The number of carbonyl (C=O) groups excluding carboxylic acids is 1. The van der Waals surface area contributed by atoms with Crippen molar-refractivity contribution >= 4 is 5.91 Å². The van der Waals surface area contributed by atoms with Gasteiger partial charge in [0.2, 0.25) is 5.91 Å². The van der Waals surface area contributed by atoms with Crippen LogP contribution in [-0.4, -0.2) is 48.4 Å². The van der Waals surface area contributed by atoms with Crippen molar-refractivity contribution in [1.82, 2.24) is 9.80 Å². The highest BCUT2D eigenvalue weighted by atomic mass is 16.2. The van der Waals surface area contributed by atoms with Gasteiger partial charge in [0.05, 0.1) is 6.04 Å². The van der Waals surface area contributed by atoms with E-state index in [1.54, 1.807) is 0 Å². The normalized spacial score (nSPS) is 19.6. The van der Waals surface area contributed by atoms with Gasteiger partial charge in [0.1, 0.15) is 0 Å². The van der Waals surface area contributed by atoms with E-state index < -0.39 is 0 Å². The lowest BCUT2D eigenvalue weighted by molar-refractivity contribution is -0.138. The second kappa shape index (κ2) is 7.93. The third kappa shape index (κ3) is 5.05. The molecule has 0 aromatic heterocycles. The summed E-state index contributed by atoms with van der Waals surface area (Å²) in [6, 6.07) is 10.4. The van der Waals surface area contributed by atoms with E-state index in [4.69, 9.17) is 5.73 Å². The molecule has 0 saturated carbocycles. The summed E-state index contributed by atoms with van der Waals surface area (Å²) in [4.78, 5) is 17.2. The lowest BCUT2D eigenvalue weighted by Crippen LogP contribution is -2.51. The number of piperidine rings is 1. The first-order valence-corrected chi connectivity index (χ1v) is 8.66. The Kier molecular flexibility index (Phi) is 6.19. The van der Waals surface area contributed by atoms with Crippen molar-refractivity contribution in [2.45, 2.75) is 45.7 Å². The second-order valence-corrected chi connectivity index (χ2v) is 7.53. The highest BCUT2D eigenvalue weighted by molar-refractivity contribution is 5.81. The van der Waals surface area contributed by atoms with Crippen molar-refractivity contribution < 1.29 is 4.79 Å². The van der Waals surface area contributed by atoms with Crippen molar-refractivity contribution in [3.8, 4) is 0 Å². The van der Waals surface area contributed by atoms with Gasteiger partial charge in [-0.25, -0.2) is 0 Å². The molecule has 23 heavy (non-hydrogen) atoms. The van der Waals surface area contributed by atoms with Crippen LogP contribution in [0.1, 0.15) is 38.7 Å². The first-order chi connectivity index (χ1) is 10.9. The summed E-state index contributed by atoms with van der Waals surface area (Å²) in [5, 5.41) is 0. The molecule has 0 aliphatic carbocycles. The van der Waals surface area contributed by atoms with Gasteiger partial charge in [0, 0.05) is 20.1 Å². The number of hydrogen-bond donors (Lipinski definition) is 1. The predicted molar refractivity (Wildman–Crippen MR) is 95.0 cm³/mol. The quantitative estimate of drug-likeness (QED) is 0.877. The van der Waals surface area contributed by atoms with Crippen LogP contribution in [0.5, 0.6) is 0 Å². The topological polar surface area (TPSA) is 49.6 Å². The van der Waals surface area contributed by atoms with Gasteiger partial charge in [-0.15, -0.1) is 0 Å². The zero-order chi connectivity index (χ0) is 16.9. The molecule has 1 heterocycles. The Hall–Kier alpha value is -1.39. The molecule has 0 bridgehead atoms. The number of likely N-dealkylation sites (tertiary alicyclic amines) is 1. The first kappa shape index (κ1) is 18.0. The van der Waals surface area contributed by atoms with Crippen molar-refractivity contribution in [2.24, 2.45) is 11.1 Å². The number of amides is 1. The molecule has 4 heteroatoms. The number of carbonyl (C=O) groups is 1. The Morgan fingerprint density at radius 3 is 2.65 bits per heavy atom. The Balaban J connectivity index is 2.03. The molecule has 2 rings (SSSR count). The summed E-state index contributed by atoms with van der Waals surface area (Å²) in [6.07, 6.45) is 3.27. The molecule has 1 atom stereocenters. The SMILES string of the molecule is CN(CC(C)(C)CN)C(=O)C1CCCCN1Cc1ccccc1. The molecule has 1 aromatic carbocycles. The van der Waals surface area contributed by atoms with Gasteiger partial charge >= 0.3 is 0 Å². The summed E-state index contributed by atoms with van der Waals surface area (Å²) >= 11 is 0. The number of nitrogens with zero attached hydrogens (tertiary/aromatic N) is 2. The third-order valence-electron chi connectivity index (χ3n) is 4.72. The van der Waals surface area contributed by atoms with Crippen LogP contribution in [0.2, 0.25) is 0 Å². The third-order valence-corrected chi connectivity index (χ3v) is 4.72. The van der Waals surface area contributed by atoms with E-state index in [1.165, 1.54) is 12.0 Å². The molecular formula is C19H31N3O. The number of hydrogen-bond acceptors (Lipinski definition) is 3. The van der Waals surface area contributed by atoms with Crippen LogP contribution >= 0.6 is 0 Å². The van der Waals surface area contributed by atoms with Gasteiger partial charge in [-0.05, 0) is 36.9 Å². The average molecular weight is 317 g/mol. The number of nitrogens with two attached hydrogens (primary N) is 1. The van der Waals surface area contributed by atoms with E-state index in [0.29, 0.717) is 13.1 Å². The number of rotatable bonds is 6. The van der Waals surface area contributed by atoms with Crippen LogP contribution in [0.4, 0.5) is 0 Å². The zero-order valence-corrected chi connectivity index (χ0v) is 14.8. The van der Waals surface area contributed by atoms with Crippen molar-refractivity contribution in [1.29, 1.82) is 0 Å². The standard InChI is InChI=1S/C19H31N3O/c1-19(2,14-20)15-21(3)18(23)17-11-7-8-12-22(17)13-16-9-5-4-6-10-16/h4-6,9-10,17H,7-8,11-15,20H2,1-3H3. The van der Waals surface area contributed by atoms with E-state index in [1.807, 2.05) is 18.0 Å². The van der Waals surface area contributed by atoms with Crippen molar-refractivity contribution in [3.63, 3.8) is 0 Å². The Bertz CT molecular complexity index is 501. The molecule has 1 aliphatic rings. The second-order valence-electron chi connectivity index (χ2n) is 7.53. The van der Waals surface area contributed by atoms with E-state index in [0.717, 1.165) is 25.9 Å². The van der Waals surface area contributed by atoms with E-state index in [2.05, 4.69) is 43.0 Å². The van der Waals surface area contributed by atoms with Gasteiger partial charge in [-0.2, -0.15) is 0 Å². The predicted octanol–water partition coefficient (Wildman–Crippen LogP) is 2.48. The average Bonchev–Trinajstić information content (AvgIpc) is 2.55. The minimum absolute atomic E-state index is 0.00234. The summed E-state index contributed by atoms with van der Waals surface area (Å²) < 4.78 is 0. The van der Waals surface area contributed by atoms with Gasteiger partial charge in [0.15, 0.2) is 0 Å². The monoisotopic (exact) mass is 317 g/mol. The van der Waals surface area contributed by atoms with Gasteiger partial charge in [-0.1, -0.05) is 50.6 Å². The minimum atomic E-state index is -0.0384. The number of benzene rings is 1. The van der Waals surface area contributed by atoms with E-state index in [9.17, 15) is 4.79 Å². The fraction of sp³-hybridized carbons (Fsp3) is 0.632. The van der Waals surface area contributed by atoms with Crippen LogP contribution in [0.25, 0.3) is 0 Å². The Morgan fingerprint density at radius 2 is 2.00 bits per heavy atom. The molecule has 1 unspecified atom stereocenters. The molecule has 1 amide bonds. The Morgan fingerprint density at radius 1 is 1.30 bits per heavy atom. The molecule has 1 saturated heterocycles. The fourth-order valence-electron chi connectivity index (χ4n) is 3.32. The van der Waals surface area contributed by atoms with Gasteiger partial charge in [0.25, 0.3) is 0 Å². The molecule has 0 spiro atoms. The molecule has 1 aliphatic heterocycles. The maximum atomic E-state index is 12.9. The minimum Gasteiger partial charge on any atom is -0.344 e. The van der Waals surface area contributed by atoms with E-state index in [-0.39, 0.29) is 17.4 Å². The zero-order valence-electron chi connectivity index (χ0n) is 14.8. The van der Waals surface area contributed by atoms with Gasteiger partial charge < -0.3 is 10.6 Å². The fourth-order valence-corrected chi connectivity index (χ4v) is 3.32. The molecule has 1 fully saturated rings. The van der Waals surface area contributed by atoms with Crippen molar-refractivity contribution in [2.75, 3.05) is 26.7 Å². The summed E-state index contributed by atoms with van der Waals surface area (Å²) in [6.45, 7) is 7.37. The summed E-state index contributed by atoms with van der Waals surface area (Å²) in [5.74, 6) is 0.238. The molecule has 2 N–H and O–H groups in total. The van der Waals surface area contributed by atoms with Crippen LogP contribution in [0.3, 0.4) is 0 Å². The highest BCUT2D eigenvalue weighted by Crippen LogP contribution is 2.23. The summed E-state index contributed by atoms with van der Waals surface area (Å²) in [7, 11) is 1.91. The van der Waals surface area contributed by atoms with Crippen LogP contribution in [0, 0.1) is 5.41 Å². The van der Waals surface area contributed by atoms with E-state index >= 15 is 0 Å². The molecule has 4 nitrogen and oxygen atoms in total. The van der Waals surface area contributed by atoms with Crippen LogP contribution < -0.4 is 5.73 Å². The van der Waals surface area contributed by atoms with Crippen LogP contribution in [-0.2, 0) is 11.3 Å². The Labute approximate surface area is 140 Å². The van der Waals surface area contributed by atoms with Crippen LogP contribution in [0.15, 0.2) is 30.3 Å². The van der Waals surface area contributed by atoms with Gasteiger partial charge in [-0.3, -0.25) is 9.69 Å². The highest BCUT2D eigenvalue weighted by Gasteiger charge is 2.32. The molecule has 0 radical (unpaired) electrons.